The van der Waals surface area contributed by atoms with Crippen LogP contribution < -0.4 is 5.32 Å². The molecule has 0 spiro atoms. The summed E-state index contributed by atoms with van der Waals surface area (Å²) in [6.07, 6.45) is -0.492. The van der Waals surface area contributed by atoms with Gasteiger partial charge in [0.2, 0.25) is 9.84 Å². The van der Waals surface area contributed by atoms with E-state index >= 15 is 0 Å². The monoisotopic (exact) mass is 345 g/mol. The Morgan fingerprint density at radius 2 is 1.82 bits per heavy atom. The van der Waals surface area contributed by atoms with Crippen molar-refractivity contribution in [3.63, 3.8) is 0 Å². The predicted octanol–water partition coefficient (Wildman–Crippen LogP) is 3.54. The molecule has 122 valence electrons. The zero-order valence-corrected chi connectivity index (χ0v) is 14.4. The highest BCUT2D eigenvalue weighted by Crippen LogP contribution is 2.21. The molecule has 0 bridgehead atoms. The first-order chi connectivity index (χ1) is 10.0. The van der Waals surface area contributed by atoms with Crippen LogP contribution in [0.25, 0.3) is 0 Å². The lowest BCUT2D eigenvalue weighted by atomic mass is 10.2. The Hall–Kier alpha value is -1.53. The first-order valence-corrected chi connectivity index (χ1v) is 8.54. The Morgan fingerprint density at radius 3 is 2.32 bits per heavy atom. The van der Waals surface area contributed by atoms with Gasteiger partial charge in [0, 0.05) is 22.9 Å². The number of hydrogen-bond acceptors (Lipinski definition) is 4. The second kappa shape index (κ2) is 7.15. The Labute approximate surface area is 136 Å². The van der Waals surface area contributed by atoms with E-state index < -0.39 is 21.5 Å². The van der Waals surface area contributed by atoms with E-state index in [2.05, 4.69) is 11.9 Å². The molecule has 0 fully saturated rings. The number of ether oxygens (including phenoxy) is 1. The highest BCUT2D eigenvalue weighted by molar-refractivity contribution is 7.95. The Bertz CT molecular complexity index is 645. The van der Waals surface area contributed by atoms with Crippen LogP contribution in [0, 0.1) is 0 Å². The van der Waals surface area contributed by atoms with Crippen LogP contribution in [-0.4, -0.2) is 26.7 Å². The summed E-state index contributed by atoms with van der Waals surface area (Å²) in [5.41, 5.74) is -0.601. The van der Waals surface area contributed by atoms with Crippen LogP contribution in [0.1, 0.15) is 27.2 Å². The summed E-state index contributed by atoms with van der Waals surface area (Å²) in [6.45, 7) is 8.95. The van der Waals surface area contributed by atoms with Gasteiger partial charge in [0.1, 0.15) is 5.60 Å². The normalized spacial score (nSPS) is 11.8. The van der Waals surface area contributed by atoms with Crippen LogP contribution in [0.5, 0.6) is 0 Å². The molecule has 1 N–H and O–H groups in total. The van der Waals surface area contributed by atoms with E-state index in [1.807, 2.05) is 0 Å². The number of nitrogens with one attached hydrogen (secondary N) is 1. The standard InChI is InChI=1S/C15H20ClNO4S/c1-11(9-10-17-14(18)21-15(2,3)4)22(19,20)13-7-5-12(16)6-8-13/h5-8H,1,9-10H2,2-4H3,(H,17,18). The number of sulfone groups is 1. The van der Waals surface area contributed by atoms with Crippen molar-refractivity contribution in [2.75, 3.05) is 6.54 Å². The molecule has 0 saturated carbocycles. The van der Waals surface area contributed by atoms with Gasteiger partial charge in [0.25, 0.3) is 0 Å². The van der Waals surface area contributed by atoms with E-state index in [4.69, 9.17) is 16.3 Å². The maximum absolute atomic E-state index is 12.3. The number of carbonyl (C=O) groups excluding carboxylic acids is 1. The molecule has 7 heteroatoms. The van der Waals surface area contributed by atoms with Gasteiger partial charge in [-0.1, -0.05) is 18.2 Å². The SMILES string of the molecule is C=C(CCNC(=O)OC(C)(C)C)S(=O)(=O)c1ccc(Cl)cc1. The molecule has 0 aliphatic carbocycles. The third-order valence-corrected chi connectivity index (χ3v) is 4.68. The smallest absolute Gasteiger partial charge is 0.407 e. The predicted molar refractivity (Wildman–Crippen MR) is 86.6 cm³/mol. The average Bonchev–Trinajstić information content (AvgIpc) is 2.36. The molecular formula is C15H20ClNO4S. The van der Waals surface area contributed by atoms with Gasteiger partial charge in [-0.15, -0.1) is 0 Å². The number of alkyl carbamates (subject to hydrolysis) is 1. The molecule has 0 aliphatic heterocycles. The minimum Gasteiger partial charge on any atom is -0.444 e. The van der Waals surface area contributed by atoms with Crippen molar-refractivity contribution >= 4 is 27.5 Å². The summed E-state index contributed by atoms with van der Waals surface area (Å²) in [6, 6.07) is 5.84. The topological polar surface area (TPSA) is 72.5 Å². The number of hydrogen-bond donors (Lipinski definition) is 1. The summed E-state index contributed by atoms with van der Waals surface area (Å²) >= 11 is 5.73. The maximum Gasteiger partial charge on any atom is 0.407 e. The molecule has 0 radical (unpaired) electrons. The van der Waals surface area contributed by atoms with E-state index in [0.717, 1.165) is 0 Å². The Balaban J connectivity index is 2.58. The van der Waals surface area contributed by atoms with Gasteiger partial charge in [-0.3, -0.25) is 0 Å². The fraction of sp³-hybridized carbons (Fsp3) is 0.400. The number of halogens is 1. The molecular weight excluding hydrogens is 326 g/mol. The van der Waals surface area contributed by atoms with E-state index in [0.29, 0.717) is 5.02 Å². The lowest BCUT2D eigenvalue weighted by molar-refractivity contribution is 0.0528. The van der Waals surface area contributed by atoms with Crippen molar-refractivity contribution < 1.29 is 17.9 Å². The van der Waals surface area contributed by atoms with Crippen LogP contribution >= 0.6 is 11.6 Å². The van der Waals surface area contributed by atoms with Gasteiger partial charge >= 0.3 is 6.09 Å². The van der Waals surface area contributed by atoms with Gasteiger partial charge in [-0.25, -0.2) is 13.2 Å². The van der Waals surface area contributed by atoms with Crippen LogP contribution in [0.15, 0.2) is 40.6 Å². The van der Waals surface area contributed by atoms with Crippen LogP contribution in [0.4, 0.5) is 4.79 Å². The minimum atomic E-state index is -3.63. The van der Waals surface area contributed by atoms with Crippen molar-refractivity contribution in [1.29, 1.82) is 0 Å². The quantitative estimate of drug-likeness (QED) is 0.885. The fourth-order valence-electron chi connectivity index (χ4n) is 1.53. The molecule has 22 heavy (non-hydrogen) atoms. The summed E-state index contributed by atoms with van der Waals surface area (Å²) in [7, 11) is -3.63. The zero-order chi connectivity index (χ0) is 17.0. The Morgan fingerprint density at radius 1 is 1.27 bits per heavy atom. The molecule has 5 nitrogen and oxygen atoms in total. The molecule has 1 aromatic carbocycles. The highest BCUT2D eigenvalue weighted by atomic mass is 35.5. The summed E-state index contributed by atoms with van der Waals surface area (Å²) < 4.78 is 29.6. The van der Waals surface area contributed by atoms with Gasteiger partial charge in [-0.05, 0) is 45.0 Å². The molecule has 0 unspecified atom stereocenters. The van der Waals surface area contributed by atoms with Gasteiger partial charge in [-0.2, -0.15) is 0 Å². The minimum absolute atomic E-state index is 0.0193. The average molecular weight is 346 g/mol. The maximum atomic E-state index is 12.3. The third kappa shape index (κ3) is 5.69. The van der Waals surface area contributed by atoms with Gasteiger partial charge in [0.05, 0.1) is 4.90 Å². The first kappa shape index (κ1) is 18.5. The molecule has 0 saturated heterocycles. The summed E-state index contributed by atoms with van der Waals surface area (Å²) in [5, 5.41) is 2.95. The van der Waals surface area contributed by atoms with Crippen molar-refractivity contribution in [2.24, 2.45) is 0 Å². The zero-order valence-electron chi connectivity index (χ0n) is 12.8. The third-order valence-electron chi connectivity index (χ3n) is 2.58. The van der Waals surface area contributed by atoms with Crippen molar-refractivity contribution in [3.05, 3.63) is 40.8 Å². The lowest BCUT2D eigenvalue weighted by Gasteiger charge is -2.19. The summed E-state index contributed by atoms with van der Waals surface area (Å²) in [5.74, 6) is 0. The number of rotatable bonds is 5. The van der Waals surface area contributed by atoms with Crippen LogP contribution in [0.3, 0.4) is 0 Å². The molecule has 1 rings (SSSR count). The second-order valence-corrected chi connectivity index (χ2v) is 8.17. The lowest BCUT2D eigenvalue weighted by Crippen LogP contribution is -2.33. The van der Waals surface area contributed by atoms with E-state index in [-0.39, 0.29) is 22.8 Å². The van der Waals surface area contributed by atoms with Crippen molar-refractivity contribution in [1.82, 2.24) is 5.32 Å². The van der Waals surface area contributed by atoms with Crippen molar-refractivity contribution in [3.8, 4) is 0 Å². The van der Waals surface area contributed by atoms with Crippen molar-refractivity contribution in [2.45, 2.75) is 37.7 Å². The van der Waals surface area contributed by atoms with E-state index in [1.165, 1.54) is 24.3 Å². The number of carbonyl (C=O) groups is 1. The molecule has 1 amide bonds. The molecule has 0 heterocycles. The summed E-state index contributed by atoms with van der Waals surface area (Å²) in [4.78, 5) is 11.6. The fourth-order valence-corrected chi connectivity index (χ4v) is 2.86. The second-order valence-electron chi connectivity index (χ2n) is 5.67. The highest BCUT2D eigenvalue weighted by Gasteiger charge is 2.20. The number of amides is 1. The van der Waals surface area contributed by atoms with E-state index in [9.17, 15) is 13.2 Å². The van der Waals surface area contributed by atoms with E-state index in [1.54, 1.807) is 20.8 Å². The molecule has 0 aromatic heterocycles. The number of benzene rings is 1. The Kier molecular flexibility index (Phi) is 6.02. The first-order valence-electron chi connectivity index (χ1n) is 6.67. The molecule has 0 aliphatic rings. The van der Waals surface area contributed by atoms with Crippen LogP contribution in [-0.2, 0) is 14.6 Å². The van der Waals surface area contributed by atoms with Gasteiger partial charge < -0.3 is 10.1 Å². The molecule has 0 atom stereocenters. The largest absolute Gasteiger partial charge is 0.444 e. The van der Waals surface area contributed by atoms with Crippen LogP contribution in [0.2, 0.25) is 5.02 Å². The molecule has 1 aromatic rings. The van der Waals surface area contributed by atoms with Gasteiger partial charge in [0.15, 0.2) is 0 Å².